The van der Waals surface area contributed by atoms with Gasteiger partial charge in [0.05, 0.1) is 24.4 Å². The number of benzene rings is 2. The van der Waals surface area contributed by atoms with Crippen molar-refractivity contribution in [2.75, 3.05) is 20.5 Å². The third kappa shape index (κ3) is 2.23. The molecule has 0 aliphatic rings. The van der Waals surface area contributed by atoms with Crippen LogP contribution in [0.5, 0.6) is 11.5 Å². The molecule has 4 aromatic rings. The molecule has 0 saturated heterocycles. The number of fused-ring (bicyclic) bond motifs is 5. The molecule has 4 rings (SSSR count). The lowest BCUT2D eigenvalue weighted by Crippen LogP contribution is -1.87. The summed E-state index contributed by atoms with van der Waals surface area (Å²) in [7, 11) is 3.38. The Balaban J connectivity index is 2.18. The lowest BCUT2D eigenvalue weighted by atomic mass is 10.1. The average molecular weight is 341 g/mol. The number of methoxy groups -OCH3 is 2. The first kappa shape index (κ1) is 14.6. The van der Waals surface area contributed by atoms with Crippen molar-refractivity contribution in [2.24, 2.45) is 0 Å². The first-order valence-corrected chi connectivity index (χ1v) is 9.21. The van der Waals surface area contributed by atoms with E-state index in [1.54, 1.807) is 37.3 Å². The monoisotopic (exact) mass is 341 g/mol. The third-order valence-corrected chi connectivity index (χ3v) is 5.95. The fraction of sp³-hybridized carbons (Fsp3) is 0.167. The summed E-state index contributed by atoms with van der Waals surface area (Å²) >= 11 is 3.45. The van der Waals surface area contributed by atoms with Crippen LogP contribution in [0.3, 0.4) is 0 Å². The molecule has 2 heterocycles. The van der Waals surface area contributed by atoms with Gasteiger partial charge in [-0.05, 0) is 36.6 Å². The highest BCUT2D eigenvalue weighted by atomic mass is 32.2. The number of ether oxygens (including phenoxy) is 2. The lowest BCUT2D eigenvalue weighted by molar-refractivity contribution is 0.415. The summed E-state index contributed by atoms with van der Waals surface area (Å²) in [6.45, 7) is 0. The van der Waals surface area contributed by atoms with Crippen LogP contribution in [-0.2, 0) is 0 Å². The molecule has 2 aromatic carbocycles. The molecule has 0 radical (unpaired) electrons. The fourth-order valence-corrected chi connectivity index (χ4v) is 4.84. The van der Waals surface area contributed by atoms with Crippen molar-refractivity contribution in [3.05, 3.63) is 36.4 Å². The maximum atomic E-state index is 5.36. The van der Waals surface area contributed by atoms with Crippen molar-refractivity contribution in [3.8, 4) is 11.5 Å². The minimum atomic E-state index is 0.831. The van der Waals surface area contributed by atoms with Gasteiger partial charge in [-0.25, -0.2) is 4.98 Å². The first-order valence-electron chi connectivity index (χ1n) is 7.17. The number of thioether (sulfide) groups is 1. The molecule has 0 saturated carbocycles. The van der Waals surface area contributed by atoms with E-state index < -0.39 is 0 Å². The standard InChI is InChI=1S/C18H15NO2S2/c1-20-10-4-6-12-14(8-10)19-18(22-3)17-16(12)13-7-5-11(21-2)9-15(13)23-17/h4-9H,1-3H3. The van der Waals surface area contributed by atoms with Gasteiger partial charge in [-0.1, -0.05) is 0 Å². The van der Waals surface area contributed by atoms with Gasteiger partial charge in [0.25, 0.3) is 0 Å². The summed E-state index contributed by atoms with van der Waals surface area (Å²) < 4.78 is 13.2. The van der Waals surface area contributed by atoms with Crippen molar-refractivity contribution in [3.63, 3.8) is 0 Å². The zero-order valence-electron chi connectivity index (χ0n) is 13.0. The first-order chi connectivity index (χ1) is 11.2. The Kier molecular flexibility index (Phi) is 3.54. The van der Waals surface area contributed by atoms with Gasteiger partial charge in [0, 0.05) is 26.9 Å². The number of thiophene rings is 1. The Morgan fingerprint density at radius 1 is 0.957 bits per heavy atom. The normalized spacial score (nSPS) is 11.4. The number of pyridine rings is 1. The molecule has 0 unspecified atom stereocenters. The van der Waals surface area contributed by atoms with Crippen molar-refractivity contribution < 1.29 is 9.47 Å². The molecule has 0 spiro atoms. The van der Waals surface area contributed by atoms with Gasteiger partial charge in [0.1, 0.15) is 16.5 Å². The van der Waals surface area contributed by atoms with Crippen LogP contribution in [0.1, 0.15) is 0 Å². The molecular weight excluding hydrogens is 326 g/mol. The SMILES string of the molecule is COc1ccc2c(c1)nc(SC)c1sc3cc(OC)ccc3c12. The molecule has 0 aliphatic carbocycles. The van der Waals surface area contributed by atoms with Gasteiger partial charge in [0.2, 0.25) is 0 Å². The van der Waals surface area contributed by atoms with Crippen molar-refractivity contribution in [1.29, 1.82) is 0 Å². The van der Waals surface area contributed by atoms with Crippen LogP contribution in [0, 0.1) is 0 Å². The Bertz CT molecular complexity index is 1040. The van der Waals surface area contributed by atoms with E-state index in [4.69, 9.17) is 14.5 Å². The predicted octanol–water partition coefficient (Wildman–Crippen LogP) is 5.34. The molecule has 0 fully saturated rings. The molecule has 23 heavy (non-hydrogen) atoms. The van der Waals surface area contributed by atoms with Crippen molar-refractivity contribution in [1.82, 2.24) is 4.98 Å². The van der Waals surface area contributed by atoms with E-state index in [2.05, 4.69) is 24.5 Å². The van der Waals surface area contributed by atoms with E-state index in [0.717, 1.165) is 27.4 Å². The van der Waals surface area contributed by atoms with E-state index in [-0.39, 0.29) is 0 Å². The molecule has 3 nitrogen and oxygen atoms in total. The van der Waals surface area contributed by atoms with Crippen LogP contribution in [-0.4, -0.2) is 25.5 Å². The zero-order valence-corrected chi connectivity index (χ0v) is 14.7. The summed E-state index contributed by atoms with van der Waals surface area (Å²) in [4.78, 5) is 4.83. The van der Waals surface area contributed by atoms with Gasteiger partial charge in [0.15, 0.2) is 0 Å². The second kappa shape index (κ2) is 5.58. The van der Waals surface area contributed by atoms with Crippen LogP contribution < -0.4 is 9.47 Å². The van der Waals surface area contributed by atoms with Crippen LogP contribution in [0.25, 0.3) is 31.1 Å². The number of rotatable bonds is 3. The molecule has 0 bridgehead atoms. The highest BCUT2D eigenvalue weighted by Gasteiger charge is 2.15. The van der Waals surface area contributed by atoms with Gasteiger partial charge in [-0.15, -0.1) is 23.1 Å². The second-order valence-electron chi connectivity index (χ2n) is 5.17. The van der Waals surface area contributed by atoms with Gasteiger partial charge < -0.3 is 9.47 Å². The van der Waals surface area contributed by atoms with Gasteiger partial charge >= 0.3 is 0 Å². The minimum absolute atomic E-state index is 0.831. The lowest BCUT2D eigenvalue weighted by Gasteiger charge is -2.06. The van der Waals surface area contributed by atoms with Gasteiger partial charge in [-0.3, -0.25) is 0 Å². The average Bonchev–Trinajstić information content (AvgIpc) is 2.98. The topological polar surface area (TPSA) is 31.4 Å². The van der Waals surface area contributed by atoms with E-state index in [9.17, 15) is 0 Å². The third-order valence-electron chi connectivity index (χ3n) is 3.98. The highest BCUT2D eigenvalue weighted by Crippen LogP contribution is 2.43. The Morgan fingerprint density at radius 3 is 2.35 bits per heavy atom. The minimum Gasteiger partial charge on any atom is -0.497 e. The van der Waals surface area contributed by atoms with Gasteiger partial charge in [-0.2, -0.15) is 0 Å². The van der Waals surface area contributed by atoms with Crippen LogP contribution in [0.2, 0.25) is 0 Å². The molecule has 0 aliphatic heterocycles. The van der Waals surface area contributed by atoms with E-state index in [1.807, 2.05) is 18.2 Å². The van der Waals surface area contributed by atoms with E-state index in [1.165, 1.54) is 20.2 Å². The summed E-state index contributed by atoms with van der Waals surface area (Å²) in [6.07, 6.45) is 2.07. The Labute approximate surface area is 142 Å². The molecule has 0 N–H and O–H groups in total. The summed E-state index contributed by atoms with van der Waals surface area (Å²) in [6, 6.07) is 12.4. The quantitative estimate of drug-likeness (QED) is 0.471. The molecule has 0 atom stereocenters. The number of aromatic nitrogens is 1. The van der Waals surface area contributed by atoms with Crippen LogP contribution in [0.15, 0.2) is 41.4 Å². The Morgan fingerprint density at radius 2 is 1.65 bits per heavy atom. The second-order valence-corrected chi connectivity index (χ2v) is 7.02. The maximum absolute atomic E-state index is 5.36. The largest absolute Gasteiger partial charge is 0.497 e. The van der Waals surface area contributed by atoms with Crippen LogP contribution in [0.4, 0.5) is 0 Å². The molecule has 116 valence electrons. The Hall–Kier alpha value is -1.98. The predicted molar refractivity (Wildman–Crippen MR) is 99.5 cm³/mol. The molecular formula is C18H15NO2S2. The maximum Gasteiger partial charge on any atom is 0.121 e. The summed E-state index contributed by atoms with van der Waals surface area (Å²) in [5.41, 5.74) is 0.969. The fourth-order valence-electron chi connectivity index (χ4n) is 2.86. The molecule has 5 heteroatoms. The van der Waals surface area contributed by atoms with Crippen LogP contribution >= 0.6 is 23.1 Å². The van der Waals surface area contributed by atoms with E-state index >= 15 is 0 Å². The smallest absolute Gasteiger partial charge is 0.121 e. The summed E-state index contributed by atoms with van der Waals surface area (Å²) in [5, 5.41) is 4.74. The van der Waals surface area contributed by atoms with Crippen molar-refractivity contribution in [2.45, 2.75) is 5.03 Å². The zero-order chi connectivity index (χ0) is 16.0. The number of hydrogen-bond acceptors (Lipinski definition) is 5. The highest BCUT2D eigenvalue weighted by molar-refractivity contribution is 7.98. The molecule has 2 aromatic heterocycles. The van der Waals surface area contributed by atoms with Crippen molar-refractivity contribution >= 4 is 54.2 Å². The number of hydrogen-bond donors (Lipinski definition) is 0. The molecule has 0 amide bonds. The number of nitrogens with zero attached hydrogens (tertiary/aromatic N) is 1. The summed E-state index contributed by atoms with van der Waals surface area (Å²) in [5.74, 6) is 1.71. The van der Waals surface area contributed by atoms with E-state index in [0.29, 0.717) is 0 Å².